The molecule has 0 aromatic heterocycles. The monoisotopic (exact) mass is 126 g/mol. The fourth-order valence-corrected chi connectivity index (χ4v) is 1.28. The first-order valence-corrected chi connectivity index (χ1v) is 3.46. The first kappa shape index (κ1) is 5.42. The van der Waals surface area contributed by atoms with Crippen LogP contribution in [0.25, 0.3) is 0 Å². The number of ketones is 1. The van der Waals surface area contributed by atoms with E-state index in [1.807, 2.05) is 0 Å². The van der Waals surface area contributed by atoms with Gasteiger partial charge in [-0.25, -0.2) is 0 Å². The predicted octanol–water partition coefficient (Wildman–Crippen LogP) is 0.898. The van der Waals surface area contributed by atoms with Crippen LogP contribution >= 0.6 is 0 Å². The Balaban J connectivity index is 1.98. The van der Waals surface area contributed by atoms with Crippen LogP contribution in [-0.2, 0) is 9.53 Å². The van der Waals surface area contributed by atoms with Gasteiger partial charge in [-0.05, 0) is 19.3 Å². The highest BCUT2D eigenvalue weighted by atomic mass is 16.5. The third-order valence-corrected chi connectivity index (χ3v) is 2.21. The lowest BCUT2D eigenvalue weighted by Gasteiger charge is -2.20. The average molecular weight is 126 g/mol. The molecule has 2 nitrogen and oxygen atoms in total. The Bertz CT molecular complexity index is 135. The molecule has 0 aromatic rings. The number of Topliss-reactive ketones (excluding diaryl/α,β-unsaturated/α-hetero) is 1. The van der Waals surface area contributed by atoms with Gasteiger partial charge in [0, 0.05) is 6.42 Å². The minimum Gasteiger partial charge on any atom is -0.367 e. The lowest BCUT2D eigenvalue weighted by atomic mass is 10.1. The topological polar surface area (TPSA) is 26.3 Å². The summed E-state index contributed by atoms with van der Waals surface area (Å²) in [6.07, 6.45) is 4.09. The Morgan fingerprint density at radius 3 is 2.56 bits per heavy atom. The maximum atomic E-state index is 10.7. The summed E-state index contributed by atoms with van der Waals surface area (Å²) in [5.74, 6) is 0.271. The molecule has 1 aliphatic carbocycles. The number of hydrogen-bond donors (Lipinski definition) is 0. The van der Waals surface area contributed by atoms with Crippen molar-refractivity contribution >= 4 is 5.78 Å². The lowest BCUT2D eigenvalue weighted by molar-refractivity contribution is -0.133. The van der Waals surface area contributed by atoms with Gasteiger partial charge in [0.05, 0.1) is 5.60 Å². The van der Waals surface area contributed by atoms with Crippen LogP contribution in [0.5, 0.6) is 0 Å². The standard InChI is InChI=1S/C7H10O2/c8-6-1-2-7(3-4-7)9-5-6/h1-5H2. The molecule has 1 saturated carbocycles. The van der Waals surface area contributed by atoms with Crippen LogP contribution in [-0.4, -0.2) is 18.0 Å². The number of ether oxygens (including phenoxy) is 1. The third kappa shape index (κ3) is 0.874. The Labute approximate surface area is 54.2 Å². The van der Waals surface area contributed by atoms with Crippen LogP contribution in [0.3, 0.4) is 0 Å². The highest BCUT2D eigenvalue weighted by Gasteiger charge is 2.46. The fourth-order valence-electron chi connectivity index (χ4n) is 1.28. The van der Waals surface area contributed by atoms with Crippen molar-refractivity contribution in [2.45, 2.75) is 31.3 Å². The Morgan fingerprint density at radius 2 is 2.11 bits per heavy atom. The van der Waals surface area contributed by atoms with E-state index in [1.165, 1.54) is 12.8 Å². The summed E-state index contributed by atoms with van der Waals surface area (Å²) >= 11 is 0. The molecule has 2 aliphatic rings. The molecule has 0 amide bonds. The van der Waals surface area contributed by atoms with Crippen molar-refractivity contribution in [1.82, 2.24) is 0 Å². The zero-order valence-corrected chi connectivity index (χ0v) is 5.35. The maximum absolute atomic E-state index is 10.7. The van der Waals surface area contributed by atoms with E-state index in [-0.39, 0.29) is 11.4 Å². The zero-order chi connectivity index (χ0) is 6.32. The molecule has 1 saturated heterocycles. The van der Waals surface area contributed by atoms with E-state index < -0.39 is 0 Å². The molecule has 50 valence electrons. The molecule has 0 N–H and O–H groups in total. The lowest BCUT2D eigenvalue weighted by Crippen LogP contribution is -2.26. The normalized spacial score (nSPS) is 30.9. The van der Waals surface area contributed by atoms with Crippen LogP contribution in [0.15, 0.2) is 0 Å². The van der Waals surface area contributed by atoms with E-state index in [0.717, 1.165) is 12.8 Å². The molecular weight excluding hydrogens is 116 g/mol. The largest absolute Gasteiger partial charge is 0.367 e. The molecule has 0 bridgehead atoms. The summed E-state index contributed by atoms with van der Waals surface area (Å²) in [7, 11) is 0. The SMILES string of the molecule is O=C1CCC2(CC2)OC1. The highest BCUT2D eigenvalue weighted by molar-refractivity contribution is 5.80. The van der Waals surface area contributed by atoms with E-state index in [1.54, 1.807) is 0 Å². The molecule has 0 radical (unpaired) electrons. The van der Waals surface area contributed by atoms with Gasteiger partial charge >= 0.3 is 0 Å². The van der Waals surface area contributed by atoms with Crippen LogP contribution in [0.1, 0.15) is 25.7 Å². The summed E-state index contributed by atoms with van der Waals surface area (Å²) in [5, 5.41) is 0. The molecule has 2 rings (SSSR count). The van der Waals surface area contributed by atoms with Crippen molar-refractivity contribution in [3.63, 3.8) is 0 Å². The molecule has 2 fully saturated rings. The quantitative estimate of drug-likeness (QED) is 0.482. The number of hydrogen-bond acceptors (Lipinski definition) is 2. The third-order valence-electron chi connectivity index (χ3n) is 2.21. The molecule has 1 heterocycles. The molecule has 0 atom stereocenters. The second-order valence-corrected chi connectivity index (χ2v) is 3.01. The summed E-state index contributed by atoms with van der Waals surface area (Å²) in [4.78, 5) is 10.7. The summed E-state index contributed by atoms with van der Waals surface area (Å²) < 4.78 is 5.34. The van der Waals surface area contributed by atoms with Crippen LogP contribution in [0.4, 0.5) is 0 Å². The molecular formula is C7H10O2. The molecule has 1 spiro atoms. The second kappa shape index (κ2) is 1.57. The van der Waals surface area contributed by atoms with Gasteiger partial charge in [-0.2, -0.15) is 0 Å². The Morgan fingerprint density at radius 1 is 1.33 bits per heavy atom. The predicted molar refractivity (Wildman–Crippen MR) is 32.2 cm³/mol. The highest BCUT2D eigenvalue weighted by Crippen LogP contribution is 2.45. The minimum absolute atomic E-state index is 0.188. The Kier molecular flexibility index (Phi) is 0.943. The van der Waals surface area contributed by atoms with Crippen LogP contribution in [0, 0.1) is 0 Å². The second-order valence-electron chi connectivity index (χ2n) is 3.01. The average Bonchev–Trinajstić information content (AvgIpc) is 2.60. The minimum atomic E-state index is 0.188. The Hall–Kier alpha value is -0.370. The van der Waals surface area contributed by atoms with Gasteiger partial charge in [-0.3, -0.25) is 4.79 Å². The summed E-state index contributed by atoms with van der Waals surface area (Å²) in [5.41, 5.74) is 0.188. The van der Waals surface area contributed by atoms with Crippen molar-refractivity contribution in [2.75, 3.05) is 6.61 Å². The van der Waals surface area contributed by atoms with Gasteiger partial charge < -0.3 is 4.74 Å². The van der Waals surface area contributed by atoms with Crippen molar-refractivity contribution in [2.24, 2.45) is 0 Å². The smallest absolute Gasteiger partial charge is 0.158 e. The summed E-state index contributed by atoms with van der Waals surface area (Å²) in [6, 6.07) is 0. The fraction of sp³-hybridized carbons (Fsp3) is 0.857. The number of carbonyl (C=O) groups is 1. The van der Waals surface area contributed by atoms with E-state index >= 15 is 0 Å². The van der Waals surface area contributed by atoms with E-state index in [9.17, 15) is 4.79 Å². The van der Waals surface area contributed by atoms with Gasteiger partial charge in [-0.1, -0.05) is 0 Å². The van der Waals surface area contributed by atoms with E-state index in [2.05, 4.69) is 0 Å². The first-order valence-electron chi connectivity index (χ1n) is 3.46. The van der Waals surface area contributed by atoms with Crippen molar-refractivity contribution in [3.05, 3.63) is 0 Å². The van der Waals surface area contributed by atoms with Gasteiger partial charge in [0.15, 0.2) is 5.78 Å². The van der Waals surface area contributed by atoms with E-state index in [4.69, 9.17) is 4.74 Å². The van der Waals surface area contributed by atoms with Gasteiger partial charge in [-0.15, -0.1) is 0 Å². The van der Waals surface area contributed by atoms with Gasteiger partial charge in [0.2, 0.25) is 0 Å². The van der Waals surface area contributed by atoms with Crippen LogP contribution in [0.2, 0.25) is 0 Å². The number of carbonyl (C=O) groups excluding carboxylic acids is 1. The molecule has 0 aromatic carbocycles. The first-order chi connectivity index (χ1) is 4.31. The van der Waals surface area contributed by atoms with Crippen molar-refractivity contribution in [3.8, 4) is 0 Å². The van der Waals surface area contributed by atoms with Crippen LogP contribution < -0.4 is 0 Å². The molecule has 1 aliphatic heterocycles. The van der Waals surface area contributed by atoms with E-state index in [0.29, 0.717) is 6.61 Å². The molecule has 0 unspecified atom stereocenters. The van der Waals surface area contributed by atoms with Gasteiger partial charge in [0.25, 0.3) is 0 Å². The molecule has 2 heteroatoms. The molecule has 9 heavy (non-hydrogen) atoms. The maximum Gasteiger partial charge on any atom is 0.158 e. The number of rotatable bonds is 0. The van der Waals surface area contributed by atoms with Gasteiger partial charge in [0.1, 0.15) is 6.61 Å². The summed E-state index contributed by atoms with van der Waals surface area (Å²) in [6.45, 7) is 0.375. The van der Waals surface area contributed by atoms with Crippen molar-refractivity contribution in [1.29, 1.82) is 0 Å². The van der Waals surface area contributed by atoms with Crippen molar-refractivity contribution < 1.29 is 9.53 Å². The zero-order valence-electron chi connectivity index (χ0n) is 5.35.